The number of hydrogen-bond donors (Lipinski definition) is 1. The van der Waals surface area contributed by atoms with E-state index in [9.17, 15) is 5.11 Å². The van der Waals surface area contributed by atoms with Gasteiger partial charge in [-0.3, -0.25) is 0 Å². The fourth-order valence-electron chi connectivity index (χ4n) is 2.28. The molecule has 4 heteroatoms. The summed E-state index contributed by atoms with van der Waals surface area (Å²) < 4.78 is 1.24. The molecule has 1 unspecified atom stereocenters. The number of halogens is 2. The molecule has 2 aromatic carbocycles. The first-order valence-corrected chi connectivity index (χ1v) is 7.86. The molecule has 0 amide bonds. The van der Waals surface area contributed by atoms with Crippen LogP contribution in [0.4, 0.5) is 0 Å². The lowest BCUT2D eigenvalue weighted by atomic mass is 10.0. The summed E-state index contributed by atoms with van der Waals surface area (Å²) >= 11 is 13.6. The maximum absolute atomic E-state index is 10.4. The van der Waals surface area contributed by atoms with E-state index in [-0.39, 0.29) is 0 Å². The van der Waals surface area contributed by atoms with Gasteiger partial charge >= 0.3 is 0 Å². The standard InChI is InChI=1S/C16H12Cl2OS/c17-12-5-10(6-13(18)8-12)15(19)7-11-9-20-16-4-2-1-3-14(11)16/h1-6,8-9,15,19H,7H2. The Morgan fingerprint density at radius 2 is 1.75 bits per heavy atom. The summed E-state index contributed by atoms with van der Waals surface area (Å²) in [5, 5.41) is 14.8. The van der Waals surface area contributed by atoms with Crippen molar-refractivity contribution in [3.63, 3.8) is 0 Å². The van der Waals surface area contributed by atoms with Crippen molar-refractivity contribution in [1.29, 1.82) is 0 Å². The van der Waals surface area contributed by atoms with Gasteiger partial charge < -0.3 is 5.11 Å². The summed E-state index contributed by atoms with van der Waals surface area (Å²) in [4.78, 5) is 0. The molecule has 0 aliphatic rings. The minimum Gasteiger partial charge on any atom is -0.388 e. The van der Waals surface area contributed by atoms with Crippen molar-refractivity contribution in [2.45, 2.75) is 12.5 Å². The predicted molar refractivity (Wildman–Crippen MR) is 87.0 cm³/mol. The van der Waals surface area contributed by atoms with Crippen molar-refractivity contribution in [2.24, 2.45) is 0 Å². The van der Waals surface area contributed by atoms with Gasteiger partial charge in [-0.2, -0.15) is 0 Å². The minimum atomic E-state index is -0.607. The van der Waals surface area contributed by atoms with Gasteiger partial charge in [-0.1, -0.05) is 41.4 Å². The van der Waals surface area contributed by atoms with Crippen molar-refractivity contribution >= 4 is 44.6 Å². The van der Waals surface area contributed by atoms with Gasteiger partial charge in [0.25, 0.3) is 0 Å². The van der Waals surface area contributed by atoms with Crippen LogP contribution in [0, 0.1) is 0 Å². The number of rotatable bonds is 3. The van der Waals surface area contributed by atoms with Crippen LogP contribution in [0.3, 0.4) is 0 Å². The molecular formula is C16H12Cl2OS. The summed E-state index contributed by atoms with van der Waals surface area (Å²) in [7, 11) is 0. The van der Waals surface area contributed by atoms with E-state index < -0.39 is 6.10 Å². The Bertz CT molecular complexity index is 731. The maximum Gasteiger partial charge on any atom is 0.0831 e. The average Bonchev–Trinajstić information content (AvgIpc) is 2.81. The van der Waals surface area contributed by atoms with Crippen LogP contribution < -0.4 is 0 Å². The Morgan fingerprint density at radius 3 is 2.50 bits per heavy atom. The van der Waals surface area contributed by atoms with E-state index in [4.69, 9.17) is 23.2 Å². The molecule has 0 saturated heterocycles. The Balaban J connectivity index is 1.90. The number of aliphatic hydroxyl groups is 1. The maximum atomic E-state index is 10.4. The number of thiophene rings is 1. The van der Waals surface area contributed by atoms with Crippen molar-refractivity contribution in [1.82, 2.24) is 0 Å². The summed E-state index contributed by atoms with van der Waals surface area (Å²) in [6.07, 6.45) is -0.0510. The third-order valence-electron chi connectivity index (χ3n) is 3.24. The minimum absolute atomic E-state index is 0.543. The topological polar surface area (TPSA) is 20.2 Å². The molecule has 1 nitrogen and oxygen atoms in total. The second-order valence-corrected chi connectivity index (χ2v) is 6.46. The summed E-state index contributed by atoms with van der Waals surface area (Å²) in [5.74, 6) is 0. The lowest BCUT2D eigenvalue weighted by Gasteiger charge is -2.11. The number of aliphatic hydroxyl groups excluding tert-OH is 1. The fraction of sp³-hybridized carbons (Fsp3) is 0.125. The third kappa shape index (κ3) is 2.84. The molecule has 0 aliphatic carbocycles. The Labute approximate surface area is 131 Å². The molecule has 3 rings (SSSR count). The van der Waals surface area contributed by atoms with Crippen LogP contribution in [0.25, 0.3) is 10.1 Å². The van der Waals surface area contributed by atoms with Gasteiger partial charge in [0.1, 0.15) is 0 Å². The number of fused-ring (bicyclic) bond motifs is 1. The number of benzene rings is 2. The molecule has 0 radical (unpaired) electrons. The van der Waals surface area contributed by atoms with Crippen LogP contribution >= 0.6 is 34.5 Å². The van der Waals surface area contributed by atoms with Gasteiger partial charge in [0.15, 0.2) is 0 Å². The van der Waals surface area contributed by atoms with E-state index in [1.54, 1.807) is 29.5 Å². The predicted octanol–water partition coefficient (Wildman–Crippen LogP) is 5.48. The molecule has 20 heavy (non-hydrogen) atoms. The van der Waals surface area contributed by atoms with Gasteiger partial charge in [-0.05, 0) is 46.2 Å². The highest BCUT2D eigenvalue weighted by molar-refractivity contribution is 7.17. The van der Waals surface area contributed by atoms with E-state index in [0.717, 1.165) is 11.1 Å². The lowest BCUT2D eigenvalue weighted by molar-refractivity contribution is 0.179. The zero-order chi connectivity index (χ0) is 14.1. The Morgan fingerprint density at radius 1 is 1.05 bits per heavy atom. The molecule has 0 bridgehead atoms. The highest BCUT2D eigenvalue weighted by atomic mass is 35.5. The molecule has 0 spiro atoms. The second-order valence-electron chi connectivity index (χ2n) is 4.68. The molecular weight excluding hydrogens is 311 g/mol. The van der Waals surface area contributed by atoms with E-state index in [1.165, 1.54) is 10.1 Å². The van der Waals surface area contributed by atoms with Crippen LogP contribution in [0.2, 0.25) is 10.0 Å². The third-order valence-corrected chi connectivity index (χ3v) is 4.69. The van der Waals surface area contributed by atoms with E-state index >= 15 is 0 Å². The summed E-state index contributed by atoms with van der Waals surface area (Å²) in [5.41, 5.74) is 1.90. The van der Waals surface area contributed by atoms with E-state index in [2.05, 4.69) is 17.5 Å². The van der Waals surface area contributed by atoms with Crippen molar-refractivity contribution in [2.75, 3.05) is 0 Å². The van der Waals surface area contributed by atoms with Gasteiger partial charge in [0.2, 0.25) is 0 Å². The van der Waals surface area contributed by atoms with Gasteiger partial charge in [0.05, 0.1) is 6.10 Å². The highest BCUT2D eigenvalue weighted by Crippen LogP contribution is 2.31. The van der Waals surface area contributed by atoms with Crippen molar-refractivity contribution in [3.05, 3.63) is 69.0 Å². The molecule has 0 aliphatic heterocycles. The fourth-order valence-corrected chi connectivity index (χ4v) is 3.80. The van der Waals surface area contributed by atoms with E-state index in [0.29, 0.717) is 16.5 Å². The Kier molecular flexibility index (Phi) is 3.99. The summed E-state index contributed by atoms with van der Waals surface area (Å²) in [6, 6.07) is 13.4. The molecule has 3 aromatic rings. The van der Waals surface area contributed by atoms with Crippen LogP contribution in [-0.4, -0.2) is 5.11 Å². The highest BCUT2D eigenvalue weighted by Gasteiger charge is 2.13. The summed E-state index contributed by atoms with van der Waals surface area (Å²) in [6.45, 7) is 0. The first kappa shape index (κ1) is 13.9. The van der Waals surface area contributed by atoms with E-state index in [1.807, 2.05) is 12.1 Å². The monoisotopic (exact) mass is 322 g/mol. The molecule has 1 N–H and O–H groups in total. The van der Waals surface area contributed by atoms with Crippen LogP contribution in [0.15, 0.2) is 47.8 Å². The zero-order valence-corrected chi connectivity index (χ0v) is 12.8. The molecule has 1 atom stereocenters. The van der Waals surface area contributed by atoms with Crippen molar-refractivity contribution < 1.29 is 5.11 Å². The van der Waals surface area contributed by atoms with Crippen LogP contribution in [0.5, 0.6) is 0 Å². The second kappa shape index (κ2) is 5.74. The quantitative estimate of drug-likeness (QED) is 0.676. The molecule has 0 saturated carbocycles. The Hall–Kier alpha value is -1.06. The zero-order valence-electron chi connectivity index (χ0n) is 10.5. The van der Waals surface area contributed by atoms with Crippen LogP contribution in [-0.2, 0) is 6.42 Å². The van der Waals surface area contributed by atoms with Gasteiger partial charge in [-0.25, -0.2) is 0 Å². The lowest BCUT2D eigenvalue weighted by Crippen LogP contribution is -2.01. The molecule has 1 aromatic heterocycles. The first-order chi connectivity index (χ1) is 9.63. The largest absolute Gasteiger partial charge is 0.388 e. The van der Waals surface area contributed by atoms with Crippen LogP contribution in [0.1, 0.15) is 17.2 Å². The number of hydrogen-bond acceptors (Lipinski definition) is 2. The SMILES string of the molecule is OC(Cc1csc2ccccc12)c1cc(Cl)cc(Cl)c1. The van der Waals surface area contributed by atoms with Gasteiger partial charge in [-0.15, -0.1) is 11.3 Å². The smallest absolute Gasteiger partial charge is 0.0831 e. The normalized spacial score (nSPS) is 12.8. The van der Waals surface area contributed by atoms with Crippen molar-refractivity contribution in [3.8, 4) is 0 Å². The first-order valence-electron chi connectivity index (χ1n) is 6.22. The average molecular weight is 323 g/mol. The molecule has 0 fully saturated rings. The van der Waals surface area contributed by atoms with Gasteiger partial charge in [0, 0.05) is 21.2 Å². The molecule has 102 valence electrons. The molecule has 1 heterocycles.